The molecule has 144 valence electrons. The molecule has 0 heterocycles. The van der Waals surface area contributed by atoms with Crippen LogP contribution in [0.15, 0.2) is 36.4 Å². The van der Waals surface area contributed by atoms with Crippen molar-refractivity contribution in [1.29, 1.82) is 0 Å². The lowest BCUT2D eigenvalue weighted by Crippen LogP contribution is -2.20. The summed E-state index contributed by atoms with van der Waals surface area (Å²) in [6, 6.07) is 9.33. The number of nitrogens with one attached hydrogen (secondary N) is 2. The minimum atomic E-state index is -3.55. The number of hydrogen-bond donors (Lipinski definition) is 3. The highest BCUT2D eigenvalue weighted by Gasteiger charge is 2.18. The van der Waals surface area contributed by atoms with E-state index in [9.17, 15) is 23.1 Å². The SMILES string of the molecule is CCCS(=O)(=O)Nc1ccccc1C(=O)Nc1cc(C(=O)O)c(C)cc1C. The molecule has 0 aliphatic carbocycles. The maximum Gasteiger partial charge on any atom is 0.336 e. The monoisotopic (exact) mass is 390 g/mol. The smallest absolute Gasteiger partial charge is 0.336 e. The predicted molar refractivity (Wildman–Crippen MR) is 105 cm³/mol. The second-order valence-corrected chi connectivity index (χ2v) is 8.05. The third kappa shape index (κ3) is 5.07. The van der Waals surface area contributed by atoms with Crippen molar-refractivity contribution in [2.75, 3.05) is 15.8 Å². The van der Waals surface area contributed by atoms with Crippen molar-refractivity contribution < 1.29 is 23.1 Å². The van der Waals surface area contributed by atoms with Crippen LogP contribution in [0.25, 0.3) is 0 Å². The fourth-order valence-corrected chi connectivity index (χ4v) is 3.82. The molecule has 2 rings (SSSR count). The molecule has 0 atom stereocenters. The first-order valence-electron chi connectivity index (χ1n) is 8.40. The molecule has 27 heavy (non-hydrogen) atoms. The Hall–Kier alpha value is -2.87. The summed E-state index contributed by atoms with van der Waals surface area (Å²) in [5.41, 5.74) is 2.06. The molecule has 1 amide bonds. The van der Waals surface area contributed by atoms with E-state index in [1.165, 1.54) is 18.2 Å². The molecule has 2 aromatic carbocycles. The van der Waals surface area contributed by atoms with Gasteiger partial charge >= 0.3 is 5.97 Å². The highest BCUT2D eigenvalue weighted by atomic mass is 32.2. The lowest BCUT2D eigenvalue weighted by atomic mass is 10.0. The summed E-state index contributed by atoms with van der Waals surface area (Å²) in [7, 11) is -3.55. The van der Waals surface area contributed by atoms with E-state index in [0.29, 0.717) is 23.2 Å². The van der Waals surface area contributed by atoms with Gasteiger partial charge in [-0.1, -0.05) is 25.1 Å². The first-order valence-corrected chi connectivity index (χ1v) is 10.0. The predicted octanol–water partition coefficient (Wildman–Crippen LogP) is 3.41. The largest absolute Gasteiger partial charge is 0.478 e. The molecule has 0 aliphatic rings. The molecule has 0 saturated carbocycles. The van der Waals surface area contributed by atoms with E-state index in [-0.39, 0.29) is 22.6 Å². The second-order valence-electron chi connectivity index (χ2n) is 6.21. The average Bonchev–Trinajstić information content (AvgIpc) is 2.56. The van der Waals surface area contributed by atoms with Crippen molar-refractivity contribution in [3.05, 3.63) is 58.7 Å². The van der Waals surface area contributed by atoms with E-state index in [1.54, 1.807) is 39.0 Å². The molecule has 0 aliphatic heterocycles. The molecule has 2 aromatic rings. The normalized spacial score (nSPS) is 11.1. The van der Waals surface area contributed by atoms with Crippen molar-refractivity contribution in [3.8, 4) is 0 Å². The molecule has 0 radical (unpaired) electrons. The standard InChI is InChI=1S/C19H22N2O5S/c1-4-9-27(25,26)21-16-8-6-5-7-14(16)18(22)20-17-11-15(19(23)24)12(2)10-13(17)3/h5-8,10-11,21H,4,9H2,1-3H3,(H,20,22)(H,23,24). The number of carboxylic acid groups (broad SMARTS) is 1. The van der Waals surface area contributed by atoms with E-state index in [2.05, 4.69) is 10.0 Å². The van der Waals surface area contributed by atoms with Gasteiger partial charge < -0.3 is 10.4 Å². The van der Waals surface area contributed by atoms with Crippen LogP contribution >= 0.6 is 0 Å². The molecule has 0 aromatic heterocycles. The van der Waals surface area contributed by atoms with Gasteiger partial charge in [-0.05, 0) is 49.6 Å². The van der Waals surface area contributed by atoms with Crippen molar-refractivity contribution >= 4 is 33.3 Å². The van der Waals surface area contributed by atoms with Gasteiger partial charge in [-0.3, -0.25) is 9.52 Å². The van der Waals surface area contributed by atoms with E-state index in [0.717, 1.165) is 0 Å². The Morgan fingerprint density at radius 3 is 2.30 bits per heavy atom. The highest BCUT2D eigenvalue weighted by molar-refractivity contribution is 7.92. The molecule has 7 nitrogen and oxygen atoms in total. The van der Waals surface area contributed by atoms with Crippen LogP contribution in [0.1, 0.15) is 45.2 Å². The zero-order chi connectivity index (χ0) is 20.2. The summed E-state index contributed by atoms with van der Waals surface area (Å²) in [4.78, 5) is 24.0. The fraction of sp³-hybridized carbons (Fsp3) is 0.263. The lowest BCUT2D eigenvalue weighted by Gasteiger charge is -2.14. The number of carboxylic acids is 1. The molecular weight excluding hydrogens is 368 g/mol. The fourth-order valence-electron chi connectivity index (χ4n) is 2.66. The summed E-state index contributed by atoms with van der Waals surface area (Å²) >= 11 is 0. The maximum absolute atomic E-state index is 12.7. The Kier molecular flexibility index (Phi) is 6.22. The van der Waals surface area contributed by atoms with Gasteiger partial charge in [-0.25, -0.2) is 13.2 Å². The number of carbonyl (C=O) groups excluding carboxylic acids is 1. The Labute approximate surface area is 158 Å². The number of hydrogen-bond acceptors (Lipinski definition) is 4. The molecule has 0 fully saturated rings. The summed E-state index contributed by atoms with van der Waals surface area (Å²) in [5, 5.41) is 11.9. The van der Waals surface area contributed by atoms with Crippen molar-refractivity contribution in [3.63, 3.8) is 0 Å². The molecular formula is C19H22N2O5S. The van der Waals surface area contributed by atoms with Gasteiger partial charge in [0.25, 0.3) is 5.91 Å². The second kappa shape index (κ2) is 8.22. The summed E-state index contributed by atoms with van der Waals surface area (Å²) in [6.07, 6.45) is 0.449. The number of carbonyl (C=O) groups is 2. The van der Waals surface area contributed by atoms with Gasteiger partial charge in [0.05, 0.1) is 22.6 Å². The van der Waals surface area contributed by atoms with E-state index < -0.39 is 21.9 Å². The number of para-hydroxylation sites is 1. The van der Waals surface area contributed by atoms with E-state index in [4.69, 9.17) is 0 Å². The van der Waals surface area contributed by atoms with E-state index in [1.807, 2.05) is 0 Å². The Bertz CT molecular complexity index is 984. The average molecular weight is 390 g/mol. The third-order valence-electron chi connectivity index (χ3n) is 3.96. The number of rotatable bonds is 7. The van der Waals surface area contributed by atoms with Crippen LogP contribution in [-0.4, -0.2) is 31.2 Å². The van der Waals surface area contributed by atoms with Gasteiger partial charge in [0.1, 0.15) is 0 Å². The number of sulfonamides is 1. The summed E-state index contributed by atoms with van der Waals surface area (Å²) in [6.45, 7) is 5.18. The maximum atomic E-state index is 12.7. The lowest BCUT2D eigenvalue weighted by molar-refractivity contribution is 0.0695. The number of anilines is 2. The van der Waals surface area contributed by atoms with Gasteiger partial charge in [0.15, 0.2) is 0 Å². The van der Waals surface area contributed by atoms with Crippen LogP contribution in [0.2, 0.25) is 0 Å². The third-order valence-corrected chi connectivity index (χ3v) is 5.44. The van der Waals surface area contributed by atoms with Crippen molar-refractivity contribution in [1.82, 2.24) is 0 Å². The first-order chi connectivity index (χ1) is 12.6. The van der Waals surface area contributed by atoms with Crippen LogP contribution < -0.4 is 10.0 Å². The topological polar surface area (TPSA) is 113 Å². The van der Waals surface area contributed by atoms with Crippen molar-refractivity contribution in [2.45, 2.75) is 27.2 Å². The molecule has 0 bridgehead atoms. The summed E-state index contributed by atoms with van der Waals surface area (Å²) < 4.78 is 26.5. The number of benzene rings is 2. The van der Waals surface area contributed by atoms with Crippen molar-refractivity contribution in [2.24, 2.45) is 0 Å². The van der Waals surface area contributed by atoms with Crippen LogP contribution in [0, 0.1) is 13.8 Å². The number of aryl methyl sites for hydroxylation is 2. The Balaban J connectivity index is 2.35. The molecule has 0 unspecified atom stereocenters. The number of aromatic carboxylic acids is 1. The number of amides is 1. The Morgan fingerprint density at radius 2 is 1.67 bits per heavy atom. The molecule has 0 spiro atoms. The van der Waals surface area contributed by atoms with E-state index >= 15 is 0 Å². The minimum absolute atomic E-state index is 0.0536. The first kappa shape index (κ1) is 20.4. The molecule has 0 saturated heterocycles. The van der Waals surface area contributed by atoms with Crippen LogP contribution in [0.3, 0.4) is 0 Å². The van der Waals surface area contributed by atoms with Gasteiger partial charge in [0, 0.05) is 5.69 Å². The molecule has 3 N–H and O–H groups in total. The zero-order valence-electron chi connectivity index (χ0n) is 15.4. The van der Waals surface area contributed by atoms with Gasteiger partial charge in [-0.2, -0.15) is 0 Å². The van der Waals surface area contributed by atoms with Crippen LogP contribution in [0.5, 0.6) is 0 Å². The zero-order valence-corrected chi connectivity index (χ0v) is 16.2. The quantitative estimate of drug-likeness (QED) is 0.671. The van der Waals surface area contributed by atoms with Crippen LogP contribution in [-0.2, 0) is 10.0 Å². The van der Waals surface area contributed by atoms with Crippen LogP contribution in [0.4, 0.5) is 11.4 Å². The highest BCUT2D eigenvalue weighted by Crippen LogP contribution is 2.23. The summed E-state index contributed by atoms with van der Waals surface area (Å²) in [5.74, 6) is -1.68. The minimum Gasteiger partial charge on any atom is -0.478 e. The van der Waals surface area contributed by atoms with Gasteiger partial charge in [-0.15, -0.1) is 0 Å². The molecule has 8 heteroatoms. The van der Waals surface area contributed by atoms with Gasteiger partial charge in [0.2, 0.25) is 10.0 Å². The Morgan fingerprint density at radius 1 is 1.00 bits per heavy atom.